The van der Waals surface area contributed by atoms with Crippen molar-refractivity contribution in [2.75, 3.05) is 26.7 Å². The van der Waals surface area contributed by atoms with Gasteiger partial charge in [0.2, 0.25) is 5.91 Å². The third-order valence-electron chi connectivity index (χ3n) is 3.73. The number of rotatable bonds is 4. The van der Waals surface area contributed by atoms with Gasteiger partial charge in [-0.3, -0.25) is 14.5 Å². The fourth-order valence-corrected chi connectivity index (χ4v) is 2.88. The summed E-state index contributed by atoms with van der Waals surface area (Å²) in [5, 5.41) is 3.49. The highest BCUT2D eigenvalue weighted by atomic mass is 35.5. The second-order valence-corrected chi connectivity index (χ2v) is 6.05. The molecule has 1 unspecified atom stereocenters. The highest BCUT2D eigenvalue weighted by Crippen LogP contribution is 2.23. The molecule has 1 saturated heterocycles. The molecule has 0 aliphatic carbocycles. The number of piperidine rings is 1. The van der Waals surface area contributed by atoms with Gasteiger partial charge in [-0.05, 0) is 37.6 Å². The van der Waals surface area contributed by atoms with Crippen molar-refractivity contribution in [3.63, 3.8) is 0 Å². The summed E-state index contributed by atoms with van der Waals surface area (Å²) in [5.74, 6) is -0.00170. The van der Waals surface area contributed by atoms with Gasteiger partial charge in [0.1, 0.15) is 0 Å². The number of benzene rings is 1. The van der Waals surface area contributed by atoms with Crippen LogP contribution in [0.5, 0.6) is 0 Å². The van der Waals surface area contributed by atoms with E-state index in [4.69, 9.17) is 23.2 Å². The largest absolute Gasteiger partial charge is 0.359 e. The van der Waals surface area contributed by atoms with Gasteiger partial charge in [-0.25, -0.2) is 0 Å². The van der Waals surface area contributed by atoms with Crippen molar-refractivity contribution in [3.05, 3.63) is 33.8 Å². The van der Waals surface area contributed by atoms with E-state index in [9.17, 15) is 9.59 Å². The van der Waals surface area contributed by atoms with E-state index in [-0.39, 0.29) is 17.6 Å². The first kappa shape index (κ1) is 16.3. The molecule has 0 saturated carbocycles. The van der Waals surface area contributed by atoms with Gasteiger partial charge in [-0.15, -0.1) is 0 Å². The maximum absolute atomic E-state index is 12.3. The Morgan fingerprint density at radius 1 is 1.33 bits per heavy atom. The van der Waals surface area contributed by atoms with Crippen LogP contribution in [0.25, 0.3) is 0 Å². The van der Waals surface area contributed by atoms with Crippen molar-refractivity contribution in [2.24, 2.45) is 5.92 Å². The Labute approximate surface area is 134 Å². The molecule has 2 rings (SSSR count). The Morgan fingerprint density at radius 3 is 2.76 bits per heavy atom. The number of carbonyl (C=O) groups is 2. The minimum absolute atomic E-state index is 0.00822. The minimum Gasteiger partial charge on any atom is -0.359 e. The molecule has 0 spiro atoms. The van der Waals surface area contributed by atoms with E-state index < -0.39 is 0 Å². The number of Topliss-reactive ketones (excluding diaryl/α,β-unsaturated/α-hetero) is 1. The van der Waals surface area contributed by atoms with E-state index in [0.717, 1.165) is 19.4 Å². The van der Waals surface area contributed by atoms with Crippen molar-refractivity contribution in [1.29, 1.82) is 0 Å². The lowest BCUT2D eigenvalue weighted by Crippen LogP contribution is -2.44. The molecule has 0 radical (unpaired) electrons. The Bertz CT molecular complexity index is 548. The molecule has 1 amide bonds. The van der Waals surface area contributed by atoms with E-state index in [1.54, 1.807) is 25.2 Å². The number of ketones is 1. The van der Waals surface area contributed by atoms with Crippen LogP contribution in [-0.2, 0) is 4.79 Å². The number of amides is 1. The fraction of sp³-hybridized carbons (Fsp3) is 0.467. The smallest absolute Gasteiger partial charge is 0.224 e. The number of carbonyl (C=O) groups excluding carboxylic acids is 2. The molecule has 0 aromatic heterocycles. The van der Waals surface area contributed by atoms with E-state index in [0.29, 0.717) is 28.7 Å². The second-order valence-electron chi connectivity index (χ2n) is 5.24. The lowest BCUT2D eigenvalue weighted by atomic mass is 9.96. The van der Waals surface area contributed by atoms with Crippen molar-refractivity contribution < 1.29 is 9.59 Å². The average Bonchev–Trinajstić information content (AvgIpc) is 2.49. The zero-order valence-corrected chi connectivity index (χ0v) is 13.4. The third kappa shape index (κ3) is 4.19. The predicted octanol–water partition coefficient (Wildman–Crippen LogP) is 2.63. The normalized spacial score (nSPS) is 19.3. The van der Waals surface area contributed by atoms with Crippen LogP contribution in [0.4, 0.5) is 0 Å². The first-order chi connectivity index (χ1) is 10.0. The molecule has 1 aromatic carbocycles. The number of halogens is 2. The Hall–Kier alpha value is -1.10. The molecule has 1 fully saturated rings. The minimum atomic E-state index is -0.0367. The van der Waals surface area contributed by atoms with Crippen molar-refractivity contribution in [2.45, 2.75) is 12.8 Å². The van der Waals surface area contributed by atoms with Crippen LogP contribution >= 0.6 is 23.2 Å². The maximum Gasteiger partial charge on any atom is 0.224 e. The topological polar surface area (TPSA) is 49.4 Å². The number of likely N-dealkylation sites (tertiary alicyclic amines) is 1. The standard InChI is InChI=1S/C15H18Cl2N2O2/c1-18-15(21)11-3-2-6-19(8-11)9-14(20)10-4-5-12(16)13(17)7-10/h4-5,7,11H,2-3,6,8-9H2,1H3,(H,18,21). The Kier molecular flexibility index (Phi) is 5.62. The van der Waals surface area contributed by atoms with E-state index in [2.05, 4.69) is 5.32 Å². The molecule has 1 aromatic rings. The van der Waals surface area contributed by atoms with Gasteiger partial charge in [0, 0.05) is 19.2 Å². The van der Waals surface area contributed by atoms with Crippen LogP contribution < -0.4 is 5.32 Å². The van der Waals surface area contributed by atoms with Crippen molar-refractivity contribution >= 4 is 34.9 Å². The van der Waals surface area contributed by atoms with Crippen LogP contribution in [-0.4, -0.2) is 43.3 Å². The summed E-state index contributed by atoms with van der Waals surface area (Å²) >= 11 is 11.8. The molecule has 0 bridgehead atoms. The van der Waals surface area contributed by atoms with Crippen molar-refractivity contribution in [3.8, 4) is 0 Å². The van der Waals surface area contributed by atoms with Crippen LogP contribution in [0.1, 0.15) is 23.2 Å². The Morgan fingerprint density at radius 2 is 2.10 bits per heavy atom. The van der Waals surface area contributed by atoms with Gasteiger partial charge in [0.05, 0.1) is 22.5 Å². The lowest BCUT2D eigenvalue weighted by molar-refractivity contribution is -0.126. The van der Waals surface area contributed by atoms with E-state index in [1.165, 1.54) is 0 Å². The van der Waals surface area contributed by atoms with Crippen LogP contribution in [0.2, 0.25) is 10.0 Å². The maximum atomic E-state index is 12.3. The summed E-state index contributed by atoms with van der Waals surface area (Å²) in [6.45, 7) is 1.75. The first-order valence-electron chi connectivity index (χ1n) is 6.93. The Balaban J connectivity index is 1.98. The van der Waals surface area contributed by atoms with Gasteiger partial charge in [0.15, 0.2) is 5.78 Å². The third-order valence-corrected chi connectivity index (χ3v) is 4.47. The highest BCUT2D eigenvalue weighted by molar-refractivity contribution is 6.42. The summed E-state index contributed by atoms with van der Waals surface area (Å²) in [5.41, 5.74) is 0.548. The number of hydrogen-bond donors (Lipinski definition) is 1. The SMILES string of the molecule is CNC(=O)C1CCCN(CC(=O)c2ccc(Cl)c(Cl)c2)C1. The van der Waals surface area contributed by atoms with Crippen LogP contribution in [0.15, 0.2) is 18.2 Å². The summed E-state index contributed by atoms with van der Waals surface area (Å²) in [4.78, 5) is 26.0. The van der Waals surface area contributed by atoms with Gasteiger partial charge in [-0.2, -0.15) is 0 Å². The van der Waals surface area contributed by atoms with Gasteiger partial charge < -0.3 is 5.32 Å². The number of nitrogens with zero attached hydrogens (tertiary/aromatic N) is 1. The average molecular weight is 329 g/mol. The molecule has 1 heterocycles. The van der Waals surface area contributed by atoms with Gasteiger partial charge in [-0.1, -0.05) is 23.2 Å². The fourth-order valence-electron chi connectivity index (χ4n) is 2.58. The molecule has 4 nitrogen and oxygen atoms in total. The summed E-state index contributed by atoms with van der Waals surface area (Å²) < 4.78 is 0. The first-order valence-corrected chi connectivity index (χ1v) is 7.69. The van der Waals surface area contributed by atoms with Crippen molar-refractivity contribution in [1.82, 2.24) is 10.2 Å². The number of nitrogens with one attached hydrogen (secondary N) is 1. The van der Waals surface area contributed by atoms with Gasteiger partial charge >= 0.3 is 0 Å². The van der Waals surface area contributed by atoms with Crippen LogP contribution in [0, 0.1) is 5.92 Å². The molecule has 6 heteroatoms. The van der Waals surface area contributed by atoms with Gasteiger partial charge in [0.25, 0.3) is 0 Å². The molecular formula is C15H18Cl2N2O2. The lowest BCUT2D eigenvalue weighted by Gasteiger charge is -2.31. The molecule has 1 aliphatic heterocycles. The molecule has 1 N–H and O–H groups in total. The summed E-state index contributed by atoms with van der Waals surface area (Å²) in [7, 11) is 1.64. The highest BCUT2D eigenvalue weighted by Gasteiger charge is 2.26. The zero-order valence-electron chi connectivity index (χ0n) is 11.9. The second kappa shape index (κ2) is 7.25. The summed E-state index contributed by atoms with van der Waals surface area (Å²) in [6.07, 6.45) is 1.80. The molecule has 1 aliphatic rings. The quantitative estimate of drug-likeness (QED) is 0.864. The monoisotopic (exact) mass is 328 g/mol. The molecule has 1 atom stereocenters. The summed E-state index contributed by atoms with van der Waals surface area (Å²) in [6, 6.07) is 4.89. The molecule has 21 heavy (non-hydrogen) atoms. The predicted molar refractivity (Wildman–Crippen MR) is 84.0 cm³/mol. The zero-order chi connectivity index (χ0) is 15.4. The molecule has 114 valence electrons. The number of hydrogen-bond acceptors (Lipinski definition) is 3. The molecular weight excluding hydrogens is 311 g/mol. The van der Waals surface area contributed by atoms with E-state index in [1.807, 2.05) is 4.90 Å². The van der Waals surface area contributed by atoms with Crippen LogP contribution in [0.3, 0.4) is 0 Å². The van der Waals surface area contributed by atoms with E-state index >= 15 is 0 Å².